The minimum Gasteiger partial charge on any atom is -0.462 e. The quantitative estimate of drug-likeness (QED) is 0.141. The number of anilines is 1. The molecule has 0 amide bonds. The number of carbonyl (C=O) groups excluding carboxylic acids is 1. The zero-order valence-corrected chi connectivity index (χ0v) is 29.7. The van der Waals surface area contributed by atoms with Gasteiger partial charge in [-0.15, -0.1) is 4.83 Å². The van der Waals surface area contributed by atoms with Gasteiger partial charge >= 0.3 is 5.97 Å². The third-order valence-corrected chi connectivity index (χ3v) is 11.9. The van der Waals surface area contributed by atoms with Crippen molar-refractivity contribution >= 4 is 42.7 Å². The standard InChI is InChI=1S/C35H48N4O7S2/c1-21(2)12-13-39(38-48(42,43)26-10-11-31-29(17-26)37-35(47-31)36-22(3)4)18-30(40)24(14-23-8-6-5-7-9-23)16-32(41)46-33-25-15-27-28(33)20-45-34(27)44-19-25/h5-11,17,21-22,24-25,27-28,30,33-34,38,40H,12-16,18-20H2,1-4H3,(H,36,37)/t24-,25?,27?,28?,30-,33?,34?/m1/s1. The van der Waals surface area contributed by atoms with E-state index < -0.39 is 22.0 Å². The molecule has 2 aromatic carbocycles. The Bertz CT molecular complexity index is 1650. The minimum atomic E-state index is -4.00. The van der Waals surface area contributed by atoms with E-state index in [-0.39, 0.29) is 60.0 Å². The molecule has 0 spiro atoms. The fourth-order valence-corrected chi connectivity index (χ4v) is 9.21. The maximum atomic E-state index is 13.7. The topological polar surface area (TPSA) is 139 Å². The molecule has 3 aromatic rings. The van der Waals surface area contributed by atoms with Crippen LogP contribution in [0.1, 0.15) is 52.5 Å². The molecule has 3 heterocycles. The highest BCUT2D eigenvalue weighted by atomic mass is 32.2. The van der Waals surface area contributed by atoms with E-state index in [2.05, 4.69) is 29.0 Å². The van der Waals surface area contributed by atoms with E-state index in [1.807, 2.05) is 44.2 Å². The first-order valence-electron chi connectivity index (χ1n) is 17.0. The van der Waals surface area contributed by atoms with Gasteiger partial charge in [0.1, 0.15) is 6.10 Å². The summed E-state index contributed by atoms with van der Waals surface area (Å²) < 4.78 is 46.0. The first kappa shape index (κ1) is 35.2. The number of nitrogens with one attached hydrogen (secondary N) is 2. The smallest absolute Gasteiger partial charge is 0.306 e. The molecule has 13 heteroatoms. The Balaban J connectivity index is 1.17. The van der Waals surface area contributed by atoms with Gasteiger partial charge in [0.15, 0.2) is 11.4 Å². The Morgan fingerprint density at radius 1 is 1.10 bits per heavy atom. The number of aromatic nitrogens is 1. The van der Waals surface area contributed by atoms with E-state index in [1.165, 1.54) is 11.3 Å². The van der Waals surface area contributed by atoms with Crippen LogP contribution in [0.3, 0.4) is 0 Å². The molecule has 11 nitrogen and oxygen atoms in total. The predicted molar refractivity (Wildman–Crippen MR) is 185 cm³/mol. The van der Waals surface area contributed by atoms with Crippen LogP contribution in [0.2, 0.25) is 0 Å². The lowest BCUT2D eigenvalue weighted by molar-refractivity contribution is -0.178. The maximum Gasteiger partial charge on any atom is 0.306 e. The SMILES string of the molecule is CC(C)CCN(C[C@@H](O)[C@@H](CC(=O)OC1C2COC3OCC1C3C2)Cc1ccccc1)NS(=O)(=O)c1ccc2sc(NC(C)C)nc2c1. The average Bonchev–Trinajstić information content (AvgIpc) is 3.71. The van der Waals surface area contributed by atoms with E-state index in [0.717, 1.165) is 21.8 Å². The Morgan fingerprint density at radius 2 is 1.88 bits per heavy atom. The second-order valence-corrected chi connectivity index (χ2v) is 16.9. The van der Waals surface area contributed by atoms with Crippen LogP contribution in [0.15, 0.2) is 53.4 Å². The lowest BCUT2D eigenvalue weighted by Gasteiger charge is -2.31. The molecule has 2 aliphatic heterocycles. The molecular formula is C35H48N4O7S2. The predicted octanol–water partition coefficient (Wildman–Crippen LogP) is 4.82. The first-order valence-corrected chi connectivity index (χ1v) is 19.3. The summed E-state index contributed by atoms with van der Waals surface area (Å²) in [6, 6.07) is 14.8. The number of hydrogen-bond donors (Lipinski definition) is 3. The van der Waals surface area contributed by atoms with Gasteiger partial charge < -0.3 is 24.6 Å². The largest absolute Gasteiger partial charge is 0.462 e. The van der Waals surface area contributed by atoms with Crippen molar-refractivity contribution < 1.29 is 32.5 Å². The molecule has 1 saturated carbocycles. The Hall–Kier alpha value is -2.65. The number of esters is 1. The lowest BCUT2D eigenvalue weighted by atomic mass is 9.90. The van der Waals surface area contributed by atoms with Crippen LogP contribution in [0.4, 0.5) is 5.13 Å². The summed E-state index contributed by atoms with van der Waals surface area (Å²) in [5, 5.41) is 17.3. The Labute approximate surface area is 287 Å². The van der Waals surface area contributed by atoms with Gasteiger partial charge in [0.2, 0.25) is 0 Å². The molecule has 3 fully saturated rings. The molecule has 262 valence electrons. The zero-order valence-electron chi connectivity index (χ0n) is 28.1. The van der Waals surface area contributed by atoms with Crippen LogP contribution in [0.5, 0.6) is 0 Å². The van der Waals surface area contributed by atoms with Gasteiger partial charge in [0.25, 0.3) is 10.0 Å². The van der Waals surface area contributed by atoms with Crippen LogP contribution in [0, 0.1) is 29.6 Å². The van der Waals surface area contributed by atoms with Crippen molar-refractivity contribution in [2.24, 2.45) is 29.6 Å². The number of hydrazine groups is 1. The minimum absolute atomic E-state index is 0.000179. The normalized spacial score (nSPS) is 24.9. The molecule has 6 rings (SSSR count). The number of thiazole rings is 1. The molecule has 2 saturated heterocycles. The highest BCUT2D eigenvalue weighted by Crippen LogP contribution is 2.49. The Morgan fingerprint density at radius 3 is 2.62 bits per heavy atom. The summed E-state index contributed by atoms with van der Waals surface area (Å²) in [6.07, 6.45) is 0.580. The van der Waals surface area contributed by atoms with Gasteiger partial charge in [-0.1, -0.05) is 55.5 Å². The number of nitrogens with zero attached hydrogens (tertiary/aromatic N) is 2. The van der Waals surface area contributed by atoms with Crippen LogP contribution in [0.25, 0.3) is 10.2 Å². The van der Waals surface area contributed by atoms with Crippen molar-refractivity contribution in [2.75, 3.05) is 31.6 Å². The van der Waals surface area contributed by atoms with Crippen LogP contribution < -0.4 is 10.1 Å². The second kappa shape index (κ2) is 15.1. The van der Waals surface area contributed by atoms with Gasteiger partial charge in [-0.3, -0.25) is 4.79 Å². The van der Waals surface area contributed by atoms with E-state index in [9.17, 15) is 18.3 Å². The van der Waals surface area contributed by atoms with Gasteiger partial charge in [-0.25, -0.2) is 18.4 Å². The monoisotopic (exact) mass is 700 g/mol. The summed E-state index contributed by atoms with van der Waals surface area (Å²) in [4.78, 5) is 20.9. The summed E-state index contributed by atoms with van der Waals surface area (Å²) in [5.41, 5.74) is 1.57. The third kappa shape index (κ3) is 8.38. The summed E-state index contributed by atoms with van der Waals surface area (Å²) in [5.74, 6) is -0.0290. The van der Waals surface area contributed by atoms with E-state index >= 15 is 0 Å². The maximum absolute atomic E-state index is 13.7. The number of benzene rings is 2. The summed E-state index contributed by atoms with van der Waals surface area (Å²) in [7, 11) is -4.00. The molecule has 3 aliphatic rings. The van der Waals surface area contributed by atoms with Crippen molar-refractivity contribution in [2.45, 2.75) is 82.8 Å². The zero-order chi connectivity index (χ0) is 34.0. The van der Waals surface area contributed by atoms with Gasteiger partial charge in [0.05, 0.1) is 40.9 Å². The fraction of sp³-hybridized carbons (Fsp3) is 0.600. The molecule has 3 N–H and O–H groups in total. The summed E-state index contributed by atoms with van der Waals surface area (Å²) in [6.45, 7) is 9.59. The number of aliphatic hydroxyl groups excluding tert-OH is 1. The number of hydrogen-bond acceptors (Lipinski definition) is 11. The fourth-order valence-electron chi connectivity index (χ4n) is 7.09. The van der Waals surface area contributed by atoms with E-state index in [4.69, 9.17) is 14.2 Å². The van der Waals surface area contributed by atoms with Gasteiger partial charge in [-0.2, -0.15) is 0 Å². The number of sulfonamides is 1. The van der Waals surface area contributed by atoms with Crippen molar-refractivity contribution in [1.29, 1.82) is 0 Å². The van der Waals surface area contributed by atoms with Crippen LogP contribution in [-0.2, 0) is 35.4 Å². The number of aliphatic hydroxyl groups is 1. The highest BCUT2D eigenvalue weighted by molar-refractivity contribution is 7.89. The first-order chi connectivity index (χ1) is 22.9. The molecule has 1 aromatic heterocycles. The van der Waals surface area contributed by atoms with Crippen molar-refractivity contribution in [3.05, 3.63) is 54.1 Å². The van der Waals surface area contributed by atoms with Gasteiger partial charge in [-0.05, 0) is 62.8 Å². The number of carbonyl (C=O) groups is 1. The van der Waals surface area contributed by atoms with Crippen molar-refractivity contribution in [3.8, 4) is 0 Å². The summed E-state index contributed by atoms with van der Waals surface area (Å²) >= 11 is 1.47. The number of rotatable bonds is 16. The molecule has 5 unspecified atom stereocenters. The van der Waals surface area contributed by atoms with E-state index in [1.54, 1.807) is 23.2 Å². The van der Waals surface area contributed by atoms with Crippen molar-refractivity contribution in [1.82, 2.24) is 14.8 Å². The highest BCUT2D eigenvalue weighted by Gasteiger charge is 2.56. The molecule has 2 bridgehead atoms. The molecule has 48 heavy (non-hydrogen) atoms. The Kier molecular flexibility index (Phi) is 11.1. The van der Waals surface area contributed by atoms with Crippen LogP contribution >= 0.6 is 11.3 Å². The van der Waals surface area contributed by atoms with E-state index in [0.29, 0.717) is 44.0 Å². The van der Waals surface area contributed by atoms with Crippen molar-refractivity contribution in [3.63, 3.8) is 0 Å². The number of fused-ring (bicyclic) bond motifs is 2. The van der Waals surface area contributed by atoms with Crippen LogP contribution in [-0.4, -0.2) is 80.3 Å². The molecule has 0 radical (unpaired) electrons. The average molecular weight is 701 g/mol. The number of ether oxygens (including phenoxy) is 3. The van der Waals surface area contributed by atoms with Gasteiger partial charge in [0, 0.05) is 42.8 Å². The third-order valence-electron chi connectivity index (χ3n) is 9.58. The molecule has 1 aliphatic carbocycles. The lowest BCUT2D eigenvalue weighted by Crippen LogP contribution is -2.48. The molecular weight excluding hydrogens is 653 g/mol. The molecule has 7 atom stereocenters. The second-order valence-electron chi connectivity index (χ2n) is 14.2.